The van der Waals surface area contributed by atoms with Crippen LogP contribution < -0.4 is 0 Å². The summed E-state index contributed by atoms with van der Waals surface area (Å²) in [5.74, 6) is -1.04. The van der Waals surface area contributed by atoms with Gasteiger partial charge >= 0.3 is 5.97 Å². The van der Waals surface area contributed by atoms with Crippen molar-refractivity contribution >= 4 is 18.2 Å². The molecule has 1 aromatic heterocycles. The monoisotopic (exact) mass is 170 g/mol. The van der Waals surface area contributed by atoms with Crippen LogP contribution in [0.2, 0.25) is 0 Å². The molecule has 58 valence electrons. The summed E-state index contributed by atoms with van der Waals surface area (Å²) in [6, 6.07) is 0. The van der Waals surface area contributed by atoms with Crippen LogP contribution in [0.3, 0.4) is 0 Å². The Morgan fingerprint density at radius 3 is 2.82 bits per heavy atom. The lowest BCUT2D eigenvalue weighted by molar-refractivity contribution is 0.0694. The average Bonchev–Trinajstić information content (AvgIpc) is 1.85. The van der Waals surface area contributed by atoms with Crippen molar-refractivity contribution in [3.63, 3.8) is 0 Å². The average molecular weight is 170 g/mol. The summed E-state index contributed by atoms with van der Waals surface area (Å²) < 4.78 is 0.119. The molecule has 0 fully saturated rings. The van der Waals surface area contributed by atoms with Crippen LogP contribution in [0.1, 0.15) is 16.1 Å². The van der Waals surface area contributed by atoms with Gasteiger partial charge in [0.2, 0.25) is 0 Å². The summed E-state index contributed by atoms with van der Waals surface area (Å²) >= 11 is 4.70. The zero-order valence-electron chi connectivity index (χ0n) is 5.79. The number of rotatable bonds is 1. The molecule has 4 nitrogen and oxygen atoms in total. The Morgan fingerprint density at radius 2 is 2.45 bits per heavy atom. The second kappa shape index (κ2) is 2.79. The van der Waals surface area contributed by atoms with Crippen LogP contribution in [-0.2, 0) is 0 Å². The van der Waals surface area contributed by atoms with E-state index in [2.05, 4.69) is 9.97 Å². The minimum atomic E-state index is -1.04. The van der Waals surface area contributed by atoms with Crippen LogP contribution in [-0.4, -0.2) is 21.0 Å². The number of carbonyl (C=O) groups is 1. The Bertz CT molecular complexity index is 345. The lowest BCUT2D eigenvalue weighted by Gasteiger charge is -1.97. The van der Waals surface area contributed by atoms with Gasteiger partial charge in [0.05, 0.1) is 6.33 Å². The van der Waals surface area contributed by atoms with Gasteiger partial charge < -0.3 is 10.1 Å². The van der Waals surface area contributed by atoms with Gasteiger partial charge in [0.1, 0.15) is 10.2 Å². The first-order valence-electron chi connectivity index (χ1n) is 2.90. The van der Waals surface area contributed by atoms with Gasteiger partial charge in [0.15, 0.2) is 0 Å². The van der Waals surface area contributed by atoms with Crippen LogP contribution >= 0.6 is 12.2 Å². The Labute approximate surface area is 67.9 Å². The quantitative estimate of drug-likeness (QED) is 0.620. The number of carboxylic acids is 1. The molecule has 1 heterocycles. The third kappa shape index (κ3) is 1.43. The minimum absolute atomic E-state index is 0.0718. The first kappa shape index (κ1) is 7.87. The maximum Gasteiger partial charge on any atom is 0.340 e. The lowest BCUT2D eigenvalue weighted by Crippen LogP contribution is -2.03. The lowest BCUT2D eigenvalue weighted by atomic mass is 10.2. The van der Waals surface area contributed by atoms with Crippen molar-refractivity contribution in [2.24, 2.45) is 0 Å². The van der Waals surface area contributed by atoms with Crippen molar-refractivity contribution in [3.8, 4) is 0 Å². The molecule has 0 spiro atoms. The molecule has 1 rings (SSSR count). The maximum atomic E-state index is 10.5. The summed E-state index contributed by atoms with van der Waals surface area (Å²) in [4.78, 5) is 16.8. The van der Waals surface area contributed by atoms with E-state index in [9.17, 15) is 4.79 Å². The van der Waals surface area contributed by atoms with Gasteiger partial charge in [-0.05, 0) is 6.92 Å². The van der Waals surface area contributed by atoms with E-state index >= 15 is 0 Å². The number of aromatic carboxylic acids is 1. The van der Waals surface area contributed by atoms with Crippen molar-refractivity contribution in [1.82, 2.24) is 9.97 Å². The SMILES string of the molecule is Cc1[nH]cnc(=S)c1C(=O)O. The summed E-state index contributed by atoms with van der Waals surface area (Å²) in [6.07, 6.45) is 1.38. The van der Waals surface area contributed by atoms with Gasteiger partial charge in [-0.2, -0.15) is 0 Å². The molecule has 11 heavy (non-hydrogen) atoms. The molecule has 1 aromatic rings. The van der Waals surface area contributed by atoms with E-state index in [1.54, 1.807) is 6.92 Å². The smallest absolute Gasteiger partial charge is 0.340 e. The Balaban J connectivity index is 3.45. The maximum absolute atomic E-state index is 10.5. The summed E-state index contributed by atoms with van der Waals surface area (Å²) in [7, 11) is 0. The summed E-state index contributed by atoms with van der Waals surface area (Å²) in [5.41, 5.74) is 0.597. The van der Waals surface area contributed by atoms with E-state index in [4.69, 9.17) is 17.3 Å². The first-order chi connectivity index (χ1) is 5.13. The zero-order chi connectivity index (χ0) is 8.43. The highest BCUT2D eigenvalue weighted by Gasteiger charge is 2.08. The third-order valence-corrected chi connectivity index (χ3v) is 1.58. The predicted molar refractivity (Wildman–Crippen MR) is 41.1 cm³/mol. The fourth-order valence-corrected chi connectivity index (χ4v) is 1.03. The molecule has 0 amide bonds. The van der Waals surface area contributed by atoms with Crippen LogP contribution in [0.4, 0.5) is 0 Å². The van der Waals surface area contributed by atoms with Crippen molar-refractivity contribution in [2.45, 2.75) is 6.92 Å². The standard InChI is InChI=1S/C6H6N2O2S/c1-3-4(6(9)10)5(11)8-2-7-3/h2H,1H3,(H,9,10)(H,7,8,11). The highest BCUT2D eigenvalue weighted by atomic mass is 32.1. The molecule has 0 atom stereocenters. The Morgan fingerprint density at radius 1 is 1.82 bits per heavy atom. The molecule has 0 aliphatic heterocycles. The molecule has 0 saturated heterocycles. The van der Waals surface area contributed by atoms with Crippen molar-refractivity contribution in [1.29, 1.82) is 0 Å². The number of H-pyrrole nitrogens is 1. The molecule has 0 aromatic carbocycles. The number of aromatic nitrogens is 2. The van der Waals surface area contributed by atoms with Gasteiger partial charge in [-0.3, -0.25) is 0 Å². The van der Waals surface area contributed by atoms with Crippen molar-refractivity contribution < 1.29 is 9.90 Å². The van der Waals surface area contributed by atoms with Gasteiger partial charge in [0.25, 0.3) is 0 Å². The normalized spacial score (nSPS) is 9.55. The van der Waals surface area contributed by atoms with Crippen LogP contribution in [0.5, 0.6) is 0 Å². The molecule has 0 unspecified atom stereocenters. The van der Waals surface area contributed by atoms with Gasteiger partial charge in [-0.25, -0.2) is 9.78 Å². The molecule has 2 N–H and O–H groups in total. The molecule has 0 bridgehead atoms. The van der Waals surface area contributed by atoms with E-state index < -0.39 is 5.97 Å². The number of hydrogen-bond acceptors (Lipinski definition) is 3. The number of aromatic amines is 1. The van der Waals surface area contributed by atoms with E-state index in [1.165, 1.54) is 6.33 Å². The Kier molecular flexibility index (Phi) is 2.00. The zero-order valence-corrected chi connectivity index (χ0v) is 6.60. The molecular formula is C6H6N2O2S. The van der Waals surface area contributed by atoms with Gasteiger partial charge in [-0.1, -0.05) is 12.2 Å². The minimum Gasteiger partial charge on any atom is -0.478 e. The molecule has 0 saturated carbocycles. The third-order valence-electron chi connectivity index (χ3n) is 1.27. The van der Waals surface area contributed by atoms with E-state index in [-0.39, 0.29) is 10.2 Å². The number of hydrogen-bond donors (Lipinski definition) is 2. The number of nitrogens with one attached hydrogen (secondary N) is 1. The number of carboxylic acid groups (broad SMARTS) is 1. The Hall–Kier alpha value is -1.23. The van der Waals surface area contributed by atoms with Crippen molar-refractivity contribution in [2.75, 3.05) is 0 Å². The van der Waals surface area contributed by atoms with Crippen LogP contribution in [0.15, 0.2) is 6.33 Å². The van der Waals surface area contributed by atoms with Crippen LogP contribution in [0.25, 0.3) is 0 Å². The fourth-order valence-electron chi connectivity index (χ4n) is 0.737. The van der Waals surface area contributed by atoms with Gasteiger partial charge in [-0.15, -0.1) is 0 Å². The summed E-state index contributed by atoms with van der Waals surface area (Å²) in [6.45, 7) is 1.64. The molecule has 0 aliphatic carbocycles. The second-order valence-electron chi connectivity index (χ2n) is 2.01. The predicted octanol–water partition coefficient (Wildman–Crippen LogP) is 1.15. The molecule has 5 heteroatoms. The van der Waals surface area contributed by atoms with Gasteiger partial charge in [0, 0.05) is 5.69 Å². The van der Waals surface area contributed by atoms with E-state index in [1.807, 2.05) is 0 Å². The summed E-state index contributed by atoms with van der Waals surface area (Å²) in [5, 5.41) is 8.62. The van der Waals surface area contributed by atoms with E-state index in [0.717, 1.165) is 0 Å². The topological polar surface area (TPSA) is 66.0 Å². The number of aryl methyl sites for hydroxylation is 1. The molecule has 0 radical (unpaired) electrons. The second-order valence-corrected chi connectivity index (χ2v) is 2.40. The van der Waals surface area contributed by atoms with Crippen molar-refractivity contribution in [3.05, 3.63) is 22.2 Å². The van der Waals surface area contributed by atoms with Crippen LogP contribution in [0, 0.1) is 11.6 Å². The highest BCUT2D eigenvalue weighted by Crippen LogP contribution is 2.03. The first-order valence-corrected chi connectivity index (χ1v) is 3.31. The molecular weight excluding hydrogens is 164 g/mol. The molecule has 0 aliphatic rings. The fraction of sp³-hybridized carbons (Fsp3) is 0.167. The number of nitrogens with zero attached hydrogens (tertiary/aromatic N) is 1. The largest absolute Gasteiger partial charge is 0.478 e. The van der Waals surface area contributed by atoms with E-state index in [0.29, 0.717) is 5.69 Å². The highest BCUT2D eigenvalue weighted by molar-refractivity contribution is 7.71.